The molecule has 0 amide bonds. The van der Waals surface area contributed by atoms with Crippen LogP contribution in [0.1, 0.15) is 28.9 Å². The number of carbonyl (C=O) groups excluding carboxylic acids is 1. The molecule has 0 bridgehead atoms. The topological polar surface area (TPSA) is 70.6 Å². The third kappa shape index (κ3) is 4.10. The van der Waals surface area contributed by atoms with E-state index in [1.165, 1.54) is 5.69 Å². The van der Waals surface area contributed by atoms with Gasteiger partial charge in [-0.3, -0.25) is 4.79 Å². The number of fused-ring (bicyclic) bond motifs is 1. The number of methoxy groups -OCH3 is 1. The van der Waals surface area contributed by atoms with Crippen molar-refractivity contribution >= 4 is 28.9 Å². The summed E-state index contributed by atoms with van der Waals surface area (Å²) in [5, 5.41) is 3.36. The minimum absolute atomic E-state index is 0.114. The number of ether oxygens (including phenoxy) is 1. The lowest BCUT2D eigenvalue weighted by molar-refractivity contribution is 0.0972. The number of anilines is 4. The summed E-state index contributed by atoms with van der Waals surface area (Å²) in [4.78, 5) is 27.0. The average molecular weight is 430 g/mol. The van der Waals surface area contributed by atoms with Gasteiger partial charge in [0.1, 0.15) is 11.6 Å². The van der Waals surface area contributed by atoms with E-state index >= 15 is 0 Å². The molecule has 5 rings (SSSR count). The lowest BCUT2D eigenvalue weighted by Crippen LogP contribution is -2.47. The number of Topliss-reactive ketones (excluding diaryl/α,β-unsaturated/α-hetero) is 1. The van der Waals surface area contributed by atoms with Crippen molar-refractivity contribution in [3.05, 3.63) is 65.9 Å². The van der Waals surface area contributed by atoms with Gasteiger partial charge in [-0.05, 0) is 49.2 Å². The van der Waals surface area contributed by atoms with Gasteiger partial charge in [0, 0.05) is 44.0 Å². The molecule has 0 radical (unpaired) electrons. The van der Waals surface area contributed by atoms with Crippen molar-refractivity contribution < 1.29 is 9.53 Å². The molecule has 1 saturated heterocycles. The van der Waals surface area contributed by atoms with Gasteiger partial charge in [0.05, 0.1) is 18.4 Å². The van der Waals surface area contributed by atoms with E-state index in [0.717, 1.165) is 56.2 Å². The zero-order valence-corrected chi connectivity index (χ0v) is 18.3. The Balaban J connectivity index is 1.41. The van der Waals surface area contributed by atoms with Gasteiger partial charge in [0.15, 0.2) is 5.78 Å². The van der Waals surface area contributed by atoms with Crippen LogP contribution in [0, 0.1) is 0 Å². The monoisotopic (exact) mass is 429 g/mol. The van der Waals surface area contributed by atoms with Crippen molar-refractivity contribution in [3.63, 3.8) is 0 Å². The van der Waals surface area contributed by atoms with Crippen LogP contribution in [0.5, 0.6) is 5.75 Å². The fourth-order valence-electron chi connectivity index (χ4n) is 4.36. The summed E-state index contributed by atoms with van der Waals surface area (Å²) in [6.45, 7) is 3.49. The molecule has 0 saturated carbocycles. The number of piperazine rings is 1. The zero-order chi connectivity index (χ0) is 21.9. The fourth-order valence-corrected chi connectivity index (χ4v) is 4.36. The van der Waals surface area contributed by atoms with Gasteiger partial charge < -0.3 is 19.9 Å². The number of benzene rings is 2. The van der Waals surface area contributed by atoms with Crippen LogP contribution in [0.2, 0.25) is 0 Å². The number of hydrogen-bond donors (Lipinski definition) is 1. The van der Waals surface area contributed by atoms with E-state index in [-0.39, 0.29) is 5.78 Å². The van der Waals surface area contributed by atoms with Gasteiger partial charge >= 0.3 is 0 Å². The Bertz CT molecular complexity index is 1090. The minimum atomic E-state index is 0.114. The summed E-state index contributed by atoms with van der Waals surface area (Å²) in [6, 6.07) is 18.1. The number of nitrogens with zero attached hydrogens (tertiary/aromatic N) is 4. The second kappa shape index (κ2) is 8.86. The summed E-state index contributed by atoms with van der Waals surface area (Å²) >= 11 is 0. The van der Waals surface area contributed by atoms with E-state index in [9.17, 15) is 4.79 Å². The lowest BCUT2D eigenvalue weighted by atomic mass is 9.95. The number of carbonyl (C=O) groups is 1. The number of para-hydroxylation sites is 1. The molecule has 7 nitrogen and oxygen atoms in total. The minimum Gasteiger partial charge on any atom is -0.497 e. The van der Waals surface area contributed by atoms with Crippen LogP contribution >= 0.6 is 0 Å². The van der Waals surface area contributed by atoms with Crippen LogP contribution in [-0.4, -0.2) is 49.0 Å². The smallest absolute Gasteiger partial charge is 0.227 e. The molecule has 7 heteroatoms. The predicted octanol–water partition coefficient (Wildman–Crippen LogP) is 4.07. The number of aromatic nitrogens is 2. The molecule has 0 unspecified atom stereocenters. The van der Waals surface area contributed by atoms with Crippen LogP contribution in [0.15, 0.2) is 54.6 Å². The third-order valence-electron chi connectivity index (χ3n) is 6.11. The van der Waals surface area contributed by atoms with Crippen LogP contribution < -0.4 is 19.9 Å². The van der Waals surface area contributed by atoms with E-state index in [0.29, 0.717) is 23.8 Å². The average Bonchev–Trinajstić information content (AvgIpc) is 2.85. The molecular weight excluding hydrogens is 402 g/mol. The summed E-state index contributed by atoms with van der Waals surface area (Å²) in [5.41, 5.74) is 3.60. The van der Waals surface area contributed by atoms with Crippen molar-refractivity contribution in [1.29, 1.82) is 0 Å². The first-order chi connectivity index (χ1) is 15.7. The number of hydrogen-bond acceptors (Lipinski definition) is 7. The highest BCUT2D eigenvalue weighted by molar-refractivity contribution is 6.03. The lowest BCUT2D eigenvalue weighted by Gasteiger charge is -2.36. The van der Waals surface area contributed by atoms with E-state index < -0.39 is 0 Å². The van der Waals surface area contributed by atoms with Gasteiger partial charge in [0.2, 0.25) is 5.95 Å². The maximum absolute atomic E-state index is 12.7. The standard InChI is InChI=1S/C25H27N5O2/c1-32-20-12-10-18(11-13-20)26-24-23-21(8-5-9-22(23)31)27-25(28-24)30-16-14-29(15-17-30)19-6-3-2-4-7-19/h2-4,6-7,10-13H,5,8-9,14-17H2,1H3,(H,26,27,28). The number of ketones is 1. The summed E-state index contributed by atoms with van der Waals surface area (Å²) in [6.07, 6.45) is 2.19. The van der Waals surface area contributed by atoms with Crippen molar-refractivity contribution in [2.24, 2.45) is 0 Å². The van der Waals surface area contributed by atoms with E-state index in [4.69, 9.17) is 14.7 Å². The van der Waals surface area contributed by atoms with Gasteiger partial charge in [-0.15, -0.1) is 0 Å². The summed E-state index contributed by atoms with van der Waals surface area (Å²) < 4.78 is 5.25. The van der Waals surface area contributed by atoms with Crippen molar-refractivity contribution in [2.45, 2.75) is 19.3 Å². The molecule has 0 atom stereocenters. The highest BCUT2D eigenvalue weighted by Gasteiger charge is 2.27. The van der Waals surface area contributed by atoms with Crippen LogP contribution in [-0.2, 0) is 6.42 Å². The molecule has 3 aromatic rings. The molecule has 2 heterocycles. The molecule has 32 heavy (non-hydrogen) atoms. The van der Waals surface area contributed by atoms with Crippen molar-refractivity contribution in [3.8, 4) is 5.75 Å². The third-order valence-corrected chi connectivity index (χ3v) is 6.11. The first-order valence-corrected chi connectivity index (χ1v) is 11.1. The molecule has 2 aliphatic rings. The maximum Gasteiger partial charge on any atom is 0.227 e. The summed E-state index contributed by atoms with van der Waals surface area (Å²) in [5.74, 6) is 2.20. The molecule has 1 N–H and O–H groups in total. The van der Waals surface area contributed by atoms with Crippen LogP contribution in [0.25, 0.3) is 0 Å². The summed E-state index contributed by atoms with van der Waals surface area (Å²) in [7, 11) is 1.64. The molecule has 164 valence electrons. The Kier molecular flexibility index (Phi) is 5.62. The quantitative estimate of drug-likeness (QED) is 0.655. The predicted molar refractivity (Wildman–Crippen MR) is 126 cm³/mol. The molecule has 1 aliphatic carbocycles. The normalized spacial score (nSPS) is 16.0. The van der Waals surface area contributed by atoms with E-state index in [1.807, 2.05) is 30.3 Å². The Hall–Kier alpha value is -3.61. The highest BCUT2D eigenvalue weighted by Crippen LogP contribution is 2.31. The number of nitrogens with one attached hydrogen (secondary N) is 1. The number of rotatable bonds is 5. The molecule has 1 aromatic heterocycles. The number of aryl methyl sites for hydroxylation is 1. The van der Waals surface area contributed by atoms with Crippen molar-refractivity contribution in [2.75, 3.05) is 48.4 Å². The molecular formula is C25H27N5O2. The van der Waals surface area contributed by atoms with Crippen molar-refractivity contribution in [1.82, 2.24) is 9.97 Å². The van der Waals surface area contributed by atoms with E-state index in [1.54, 1.807) is 7.11 Å². The Morgan fingerprint density at radius 2 is 1.59 bits per heavy atom. The Morgan fingerprint density at radius 3 is 2.31 bits per heavy atom. The molecule has 1 fully saturated rings. The van der Waals surface area contributed by atoms with Crippen LogP contribution in [0.4, 0.5) is 23.1 Å². The van der Waals surface area contributed by atoms with Gasteiger partial charge in [-0.2, -0.15) is 4.98 Å². The first-order valence-electron chi connectivity index (χ1n) is 11.1. The molecule has 1 aliphatic heterocycles. The van der Waals surface area contributed by atoms with Crippen LogP contribution in [0.3, 0.4) is 0 Å². The second-order valence-electron chi connectivity index (χ2n) is 8.13. The molecule has 0 spiro atoms. The Labute approximate surface area is 188 Å². The van der Waals surface area contributed by atoms with Gasteiger partial charge in [0.25, 0.3) is 0 Å². The maximum atomic E-state index is 12.7. The van der Waals surface area contributed by atoms with Gasteiger partial charge in [-0.1, -0.05) is 18.2 Å². The zero-order valence-electron chi connectivity index (χ0n) is 18.3. The Morgan fingerprint density at radius 1 is 0.875 bits per heavy atom. The fraction of sp³-hybridized carbons (Fsp3) is 0.320. The highest BCUT2D eigenvalue weighted by atomic mass is 16.5. The SMILES string of the molecule is COc1ccc(Nc2nc(N3CCN(c4ccccc4)CC3)nc3c2C(=O)CCC3)cc1. The second-order valence-corrected chi connectivity index (χ2v) is 8.13. The first kappa shape index (κ1) is 20.3. The largest absolute Gasteiger partial charge is 0.497 e. The van der Waals surface area contributed by atoms with Gasteiger partial charge in [-0.25, -0.2) is 4.98 Å². The van der Waals surface area contributed by atoms with E-state index in [2.05, 4.69) is 39.4 Å². The molecule has 2 aromatic carbocycles.